The summed E-state index contributed by atoms with van der Waals surface area (Å²) >= 11 is 3.57. The number of hydrogen-bond donors (Lipinski definition) is 2. The summed E-state index contributed by atoms with van der Waals surface area (Å²) in [5, 5.41) is 6.76. The first kappa shape index (κ1) is 39.0. The molecule has 0 radical (unpaired) electrons. The molecule has 57 heavy (non-hydrogen) atoms. The van der Waals surface area contributed by atoms with Gasteiger partial charge in [-0.15, -0.1) is 0 Å². The summed E-state index contributed by atoms with van der Waals surface area (Å²) in [5.41, 5.74) is 3.73. The third-order valence-electron chi connectivity index (χ3n) is 12.3. The molecule has 4 aromatic rings. The minimum absolute atomic E-state index is 0.0245. The van der Waals surface area contributed by atoms with Crippen molar-refractivity contribution in [1.29, 1.82) is 0 Å². The molecule has 3 fully saturated rings. The minimum atomic E-state index is -0.717. The summed E-state index contributed by atoms with van der Waals surface area (Å²) in [4.78, 5) is 52.8. The number of likely N-dealkylation sites (tertiary alicyclic amines) is 1. The number of carbonyl (C=O) groups is 3. The fourth-order valence-corrected chi connectivity index (χ4v) is 9.38. The molecule has 3 amide bonds. The number of anilines is 2. The lowest BCUT2D eigenvalue weighted by atomic mass is 9.71. The van der Waals surface area contributed by atoms with Crippen molar-refractivity contribution >= 4 is 56.1 Å². The number of halogens is 2. The Morgan fingerprint density at radius 1 is 1.02 bits per heavy atom. The zero-order chi connectivity index (χ0) is 39.8. The van der Waals surface area contributed by atoms with Crippen molar-refractivity contribution in [2.45, 2.75) is 77.4 Å². The Morgan fingerprint density at radius 3 is 2.53 bits per heavy atom. The van der Waals surface area contributed by atoms with Gasteiger partial charge in [-0.3, -0.25) is 19.7 Å². The molecule has 5 heterocycles. The van der Waals surface area contributed by atoms with E-state index in [9.17, 15) is 14.4 Å². The van der Waals surface area contributed by atoms with Crippen molar-refractivity contribution < 1.29 is 28.2 Å². The lowest BCUT2D eigenvalue weighted by molar-refractivity contribution is -0.136. The number of aromatic nitrogens is 2. The average molecular weight is 843 g/mol. The molecule has 0 bridgehead atoms. The average Bonchev–Trinajstić information content (AvgIpc) is 3.51. The molecule has 1 spiro atoms. The summed E-state index contributed by atoms with van der Waals surface area (Å²) in [5.74, 6) is 1.16. The number of aryl methyl sites for hydroxylation is 1. The second-order valence-electron chi connectivity index (χ2n) is 16.0. The molecule has 3 aromatic carbocycles. The van der Waals surface area contributed by atoms with Gasteiger partial charge in [-0.25, -0.2) is 14.4 Å². The molecular formula is C43H49BrFN7O5. The number of methoxy groups -OCH3 is 1. The van der Waals surface area contributed by atoms with Gasteiger partial charge in [0.2, 0.25) is 11.8 Å². The summed E-state index contributed by atoms with van der Waals surface area (Å²) in [7, 11) is 1.65. The molecule has 14 heteroatoms. The van der Waals surface area contributed by atoms with Crippen LogP contribution in [0.3, 0.4) is 0 Å². The Labute approximate surface area is 340 Å². The second kappa shape index (κ2) is 16.2. The maximum absolute atomic E-state index is 15.5. The van der Waals surface area contributed by atoms with Crippen LogP contribution in [0.25, 0.3) is 10.9 Å². The van der Waals surface area contributed by atoms with E-state index in [1.807, 2.05) is 31.2 Å². The maximum Gasteiger partial charge on any atom is 0.255 e. The van der Waals surface area contributed by atoms with Crippen LogP contribution in [-0.4, -0.2) is 90.0 Å². The predicted molar refractivity (Wildman–Crippen MR) is 219 cm³/mol. The maximum atomic E-state index is 15.5. The fourth-order valence-electron chi connectivity index (χ4n) is 8.96. The van der Waals surface area contributed by atoms with E-state index >= 15 is 4.39 Å². The minimum Gasteiger partial charge on any atom is -0.493 e. The van der Waals surface area contributed by atoms with Gasteiger partial charge in [0.05, 0.1) is 31.0 Å². The molecule has 4 aliphatic rings. The van der Waals surface area contributed by atoms with Crippen molar-refractivity contribution in [2.75, 3.05) is 56.7 Å². The lowest BCUT2D eigenvalue weighted by Gasteiger charge is -2.47. The molecule has 1 unspecified atom stereocenters. The van der Waals surface area contributed by atoms with Gasteiger partial charge in [-0.2, -0.15) is 0 Å². The number of benzene rings is 3. The van der Waals surface area contributed by atoms with Gasteiger partial charge < -0.3 is 29.5 Å². The number of rotatable bonds is 11. The molecule has 2 N–H and O–H groups in total. The van der Waals surface area contributed by atoms with Crippen LogP contribution in [0, 0.1) is 18.2 Å². The number of amides is 3. The second-order valence-corrected chi connectivity index (χ2v) is 16.9. The molecule has 12 nitrogen and oxygen atoms in total. The lowest BCUT2D eigenvalue weighted by Crippen LogP contribution is -2.52. The molecule has 3 saturated heterocycles. The van der Waals surface area contributed by atoms with Gasteiger partial charge in [-0.05, 0) is 112 Å². The van der Waals surface area contributed by atoms with Gasteiger partial charge in [0, 0.05) is 54.1 Å². The van der Waals surface area contributed by atoms with E-state index in [0.717, 1.165) is 97.1 Å². The number of ether oxygens (including phenoxy) is 2. The number of nitrogens with one attached hydrogen (secondary N) is 2. The van der Waals surface area contributed by atoms with Crippen molar-refractivity contribution in [1.82, 2.24) is 25.1 Å². The Morgan fingerprint density at radius 2 is 1.79 bits per heavy atom. The zero-order valence-electron chi connectivity index (χ0n) is 32.7. The highest BCUT2D eigenvalue weighted by molar-refractivity contribution is 9.10. The number of carbonyl (C=O) groups excluding carboxylic acids is 3. The van der Waals surface area contributed by atoms with E-state index in [2.05, 4.69) is 55.4 Å². The van der Waals surface area contributed by atoms with Crippen LogP contribution in [0.4, 0.5) is 15.9 Å². The van der Waals surface area contributed by atoms with Crippen LogP contribution < -0.4 is 25.0 Å². The van der Waals surface area contributed by atoms with E-state index in [1.165, 1.54) is 11.0 Å². The van der Waals surface area contributed by atoms with Crippen LogP contribution in [0.15, 0.2) is 53.0 Å². The molecule has 0 saturated carbocycles. The first-order valence-corrected chi connectivity index (χ1v) is 20.7. The highest BCUT2D eigenvalue weighted by Gasteiger charge is 2.41. The number of piperidine rings is 3. The van der Waals surface area contributed by atoms with Crippen LogP contribution in [-0.2, 0) is 16.1 Å². The molecule has 2 atom stereocenters. The third kappa shape index (κ3) is 8.16. The highest BCUT2D eigenvalue weighted by atomic mass is 79.9. The van der Waals surface area contributed by atoms with E-state index in [4.69, 9.17) is 19.4 Å². The monoisotopic (exact) mass is 841 g/mol. The van der Waals surface area contributed by atoms with E-state index in [1.54, 1.807) is 13.2 Å². The van der Waals surface area contributed by atoms with Crippen molar-refractivity contribution in [3.63, 3.8) is 0 Å². The SMILES string of the molecule is COc1cc2c(N[C@H](C)c3cccc(Br)c3)nc(C)nc2cc1OCCCN1CCC2(CC1)CCN(c1cc3c(cc1F)C(=O)N(C1CCC(=O)NC1=O)C3)CC2. The van der Waals surface area contributed by atoms with Crippen LogP contribution in [0.5, 0.6) is 11.5 Å². The van der Waals surface area contributed by atoms with Crippen molar-refractivity contribution in [3.8, 4) is 11.5 Å². The van der Waals surface area contributed by atoms with Gasteiger partial charge in [0.1, 0.15) is 23.5 Å². The van der Waals surface area contributed by atoms with Gasteiger partial charge in [-0.1, -0.05) is 28.1 Å². The molecule has 1 aromatic heterocycles. The van der Waals surface area contributed by atoms with Gasteiger partial charge in [0.15, 0.2) is 11.5 Å². The number of fused-ring (bicyclic) bond motifs is 2. The van der Waals surface area contributed by atoms with E-state index in [-0.39, 0.29) is 42.7 Å². The van der Waals surface area contributed by atoms with E-state index < -0.39 is 17.8 Å². The number of nitrogens with zero attached hydrogens (tertiary/aromatic N) is 5. The smallest absolute Gasteiger partial charge is 0.255 e. The molecule has 8 rings (SSSR count). The summed E-state index contributed by atoms with van der Waals surface area (Å²) < 4.78 is 28.6. The summed E-state index contributed by atoms with van der Waals surface area (Å²) in [6.45, 7) is 9.30. The number of imide groups is 1. The summed E-state index contributed by atoms with van der Waals surface area (Å²) in [6, 6.07) is 14.5. The third-order valence-corrected chi connectivity index (χ3v) is 12.8. The van der Waals surface area contributed by atoms with E-state index in [0.29, 0.717) is 35.2 Å². The van der Waals surface area contributed by atoms with Crippen LogP contribution >= 0.6 is 15.9 Å². The Bertz CT molecular complexity index is 2200. The Balaban J connectivity index is 0.819. The quantitative estimate of drug-likeness (QED) is 0.121. The normalized spacial score (nSPS) is 20.2. The van der Waals surface area contributed by atoms with Crippen LogP contribution in [0.1, 0.15) is 85.2 Å². The molecule has 0 aliphatic carbocycles. The van der Waals surface area contributed by atoms with Crippen molar-refractivity contribution in [2.24, 2.45) is 5.41 Å². The Hall–Kier alpha value is -4.82. The molecule has 300 valence electrons. The summed E-state index contributed by atoms with van der Waals surface area (Å²) in [6.07, 6.45) is 5.55. The largest absolute Gasteiger partial charge is 0.493 e. The number of hydrogen-bond acceptors (Lipinski definition) is 10. The van der Waals surface area contributed by atoms with Gasteiger partial charge >= 0.3 is 0 Å². The fraction of sp³-hybridized carbons (Fsp3) is 0.465. The highest BCUT2D eigenvalue weighted by Crippen LogP contribution is 2.43. The first-order chi connectivity index (χ1) is 27.5. The molecular weight excluding hydrogens is 793 g/mol. The topological polar surface area (TPSA) is 129 Å². The molecule has 4 aliphatic heterocycles. The van der Waals surface area contributed by atoms with Crippen LogP contribution in [0.2, 0.25) is 0 Å². The Kier molecular flexibility index (Phi) is 11.1. The van der Waals surface area contributed by atoms with Gasteiger partial charge in [0.25, 0.3) is 5.91 Å². The standard InChI is InChI=1S/C43H49BrFN7O5/c1-26(28-6-4-7-30(44)20-28)46-40-32-23-37(56-3)38(24-34(32)47-27(2)48-40)57-19-5-14-50-15-10-43(11-16-50)12-17-51(18-13-43)36-21-29-25-52(42(55)31(29)22-33(36)45)35-8-9-39(53)49-41(35)54/h4,6-7,20-24,26,35H,5,8-19,25H2,1-3H3,(H,46,47,48)(H,49,53,54)/t26-,35?/m1/s1. The zero-order valence-corrected chi connectivity index (χ0v) is 34.3. The predicted octanol–water partition coefficient (Wildman–Crippen LogP) is 6.93. The first-order valence-electron chi connectivity index (χ1n) is 19.9. The van der Waals surface area contributed by atoms with Crippen molar-refractivity contribution in [3.05, 3.63) is 81.3 Å².